The van der Waals surface area contributed by atoms with Crippen LogP contribution >= 0.6 is 0 Å². The number of hydrogen-bond donors (Lipinski definition) is 0. The maximum Gasteiger partial charge on any atom is 0.374 e. The standard InChI is InChI=1S/C8H10O4/c1-6(9)8(10)12-5-7-2-3-11-4-7/h2-3,7H,4-5H2,1H3. The maximum absolute atomic E-state index is 10.7. The van der Waals surface area contributed by atoms with E-state index in [0.29, 0.717) is 6.61 Å². The van der Waals surface area contributed by atoms with Gasteiger partial charge in [0.05, 0.1) is 12.9 Å². The summed E-state index contributed by atoms with van der Waals surface area (Å²) in [7, 11) is 0. The number of carbonyl (C=O) groups excluding carboxylic acids is 2. The topological polar surface area (TPSA) is 52.6 Å². The zero-order valence-electron chi connectivity index (χ0n) is 6.78. The van der Waals surface area contributed by atoms with Crippen molar-refractivity contribution in [3.8, 4) is 0 Å². The average molecular weight is 170 g/mol. The molecule has 0 aromatic rings. The highest BCUT2D eigenvalue weighted by molar-refractivity contribution is 6.32. The van der Waals surface area contributed by atoms with E-state index in [2.05, 4.69) is 4.74 Å². The van der Waals surface area contributed by atoms with Gasteiger partial charge in [-0.05, 0) is 6.08 Å². The van der Waals surface area contributed by atoms with Gasteiger partial charge < -0.3 is 9.47 Å². The number of carbonyl (C=O) groups is 2. The van der Waals surface area contributed by atoms with Crippen molar-refractivity contribution in [3.05, 3.63) is 12.3 Å². The minimum absolute atomic E-state index is 0.0910. The Morgan fingerprint density at radius 3 is 2.92 bits per heavy atom. The van der Waals surface area contributed by atoms with Gasteiger partial charge >= 0.3 is 5.97 Å². The summed E-state index contributed by atoms with van der Waals surface area (Å²) < 4.78 is 9.56. The summed E-state index contributed by atoms with van der Waals surface area (Å²) in [6.45, 7) is 1.92. The van der Waals surface area contributed by atoms with Crippen LogP contribution in [0, 0.1) is 5.92 Å². The molecule has 4 heteroatoms. The van der Waals surface area contributed by atoms with Crippen LogP contribution in [0.5, 0.6) is 0 Å². The van der Waals surface area contributed by atoms with Crippen molar-refractivity contribution in [2.75, 3.05) is 13.2 Å². The lowest BCUT2D eigenvalue weighted by Gasteiger charge is -2.05. The second-order valence-corrected chi connectivity index (χ2v) is 2.58. The van der Waals surface area contributed by atoms with Crippen LogP contribution in [-0.4, -0.2) is 25.0 Å². The lowest BCUT2D eigenvalue weighted by atomic mass is 10.2. The fraction of sp³-hybridized carbons (Fsp3) is 0.500. The highest BCUT2D eigenvalue weighted by Crippen LogP contribution is 2.08. The molecule has 4 nitrogen and oxygen atoms in total. The maximum atomic E-state index is 10.7. The third-order valence-electron chi connectivity index (χ3n) is 1.47. The van der Waals surface area contributed by atoms with Crippen molar-refractivity contribution >= 4 is 11.8 Å². The molecule has 1 rings (SSSR count). The smallest absolute Gasteiger partial charge is 0.374 e. The fourth-order valence-corrected chi connectivity index (χ4v) is 0.789. The first-order chi connectivity index (χ1) is 5.70. The molecule has 1 heterocycles. The monoisotopic (exact) mass is 170 g/mol. The van der Waals surface area contributed by atoms with Crippen molar-refractivity contribution in [2.45, 2.75) is 6.92 Å². The van der Waals surface area contributed by atoms with Gasteiger partial charge in [0.15, 0.2) is 0 Å². The van der Waals surface area contributed by atoms with Gasteiger partial charge in [-0.2, -0.15) is 0 Å². The van der Waals surface area contributed by atoms with E-state index in [0.717, 1.165) is 0 Å². The normalized spacial score (nSPS) is 20.2. The molecule has 66 valence electrons. The molecule has 1 atom stereocenters. The first-order valence-electron chi connectivity index (χ1n) is 3.66. The highest BCUT2D eigenvalue weighted by atomic mass is 16.5. The average Bonchev–Trinajstić information content (AvgIpc) is 2.51. The van der Waals surface area contributed by atoms with Gasteiger partial charge in [0.1, 0.15) is 6.61 Å². The van der Waals surface area contributed by atoms with E-state index in [-0.39, 0.29) is 12.5 Å². The van der Waals surface area contributed by atoms with Crippen LogP contribution in [0.2, 0.25) is 0 Å². The molecule has 0 aromatic carbocycles. The summed E-state index contributed by atoms with van der Waals surface area (Å²) in [5.74, 6) is -1.26. The Morgan fingerprint density at radius 1 is 1.67 bits per heavy atom. The second kappa shape index (κ2) is 3.90. The van der Waals surface area contributed by atoms with Crippen LogP contribution in [0.4, 0.5) is 0 Å². The molecule has 1 aliphatic heterocycles. The van der Waals surface area contributed by atoms with Crippen LogP contribution in [-0.2, 0) is 19.1 Å². The zero-order chi connectivity index (χ0) is 8.97. The number of esters is 1. The number of hydrogen-bond acceptors (Lipinski definition) is 4. The molecule has 0 saturated carbocycles. The van der Waals surface area contributed by atoms with Crippen LogP contribution in [0.25, 0.3) is 0 Å². The van der Waals surface area contributed by atoms with Crippen molar-refractivity contribution in [1.82, 2.24) is 0 Å². The minimum Gasteiger partial charge on any atom is -0.501 e. The van der Waals surface area contributed by atoms with Gasteiger partial charge in [0, 0.05) is 12.8 Å². The van der Waals surface area contributed by atoms with E-state index in [9.17, 15) is 9.59 Å². The van der Waals surface area contributed by atoms with E-state index in [4.69, 9.17) is 4.74 Å². The van der Waals surface area contributed by atoms with Gasteiger partial charge in [0.2, 0.25) is 5.78 Å². The molecular weight excluding hydrogens is 160 g/mol. The quantitative estimate of drug-likeness (QED) is 0.451. The molecule has 0 spiro atoms. The van der Waals surface area contributed by atoms with Gasteiger partial charge in [-0.1, -0.05) is 0 Å². The lowest BCUT2D eigenvalue weighted by Crippen LogP contribution is -2.18. The van der Waals surface area contributed by atoms with E-state index < -0.39 is 11.8 Å². The number of rotatable bonds is 3. The minimum atomic E-state index is -0.782. The van der Waals surface area contributed by atoms with Crippen molar-refractivity contribution in [3.63, 3.8) is 0 Å². The predicted octanol–water partition coefficient (Wildman–Crippen LogP) is 0.279. The van der Waals surface area contributed by atoms with E-state index in [1.54, 1.807) is 12.3 Å². The molecule has 0 fully saturated rings. The Balaban J connectivity index is 2.21. The van der Waals surface area contributed by atoms with Crippen LogP contribution < -0.4 is 0 Å². The molecule has 0 aromatic heterocycles. The summed E-state index contributed by atoms with van der Waals surface area (Å²) in [5, 5.41) is 0. The molecule has 0 amide bonds. The molecule has 0 bridgehead atoms. The summed E-state index contributed by atoms with van der Waals surface area (Å²) >= 11 is 0. The Hall–Kier alpha value is -1.32. The van der Waals surface area contributed by atoms with Gasteiger partial charge in [-0.25, -0.2) is 4.79 Å². The first-order valence-corrected chi connectivity index (χ1v) is 3.66. The van der Waals surface area contributed by atoms with Crippen molar-refractivity contribution < 1.29 is 19.1 Å². The molecule has 12 heavy (non-hydrogen) atoms. The summed E-state index contributed by atoms with van der Waals surface area (Å²) in [6, 6.07) is 0. The Morgan fingerprint density at radius 2 is 2.42 bits per heavy atom. The predicted molar refractivity (Wildman–Crippen MR) is 40.2 cm³/mol. The zero-order valence-corrected chi connectivity index (χ0v) is 6.78. The third-order valence-corrected chi connectivity index (χ3v) is 1.47. The molecular formula is C8H10O4. The van der Waals surface area contributed by atoms with Crippen molar-refractivity contribution in [1.29, 1.82) is 0 Å². The Labute approximate surface area is 70.1 Å². The summed E-state index contributed by atoms with van der Waals surface area (Å²) in [4.78, 5) is 21.1. The van der Waals surface area contributed by atoms with Crippen LogP contribution in [0.1, 0.15) is 6.92 Å². The summed E-state index contributed by atoms with van der Waals surface area (Å²) in [5.41, 5.74) is 0. The Bertz CT molecular complexity index is 219. The number of ketones is 1. The van der Waals surface area contributed by atoms with Crippen LogP contribution in [0.15, 0.2) is 12.3 Å². The molecule has 0 radical (unpaired) electrons. The number of ether oxygens (including phenoxy) is 2. The SMILES string of the molecule is CC(=O)C(=O)OCC1C=COC1. The second-order valence-electron chi connectivity index (χ2n) is 2.58. The summed E-state index contributed by atoms with van der Waals surface area (Å²) in [6.07, 6.45) is 3.36. The van der Waals surface area contributed by atoms with Gasteiger partial charge in [0.25, 0.3) is 0 Å². The molecule has 0 saturated heterocycles. The van der Waals surface area contributed by atoms with Gasteiger partial charge in [-0.3, -0.25) is 4.79 Å². The highest BCUT2D eigenvalue weighted by Gasteiger charge is 2.15. The van der Waals surface area contributed by atoms with E-state index >= 15 is 0 Å². The number of Topliss-reactive ketones (excluding diaryl/α,β-unsaturated/α-hetero) is 1. The van der Waals surface area contributed by atoms with Crippen LogP contribution in [0.3, 0.4) is 0 Å². The van der Waals surface area contributed by atoms with E-state index in [1.165, 1.54) is 6.92 Å². The molecule has 0 N–H and O–H groups in total. The van der Waals surface area contributed by atoms with Crippen molar-refractivity contribution in [2.24, 2.45) is 5.92 Å². The molecule has 1 unspecified atom stereocenters. The molecule has 0 aliphatic carbocycles. The third kappa shape index (κ3) is 2.38. The van der Waals surface area contributed by atoms with Gasteiger partial charge in [-0.15, -0.1) is 0 Å². The largest absolute Gasteiger partial charge is 0.501 e. The first kappa shape index (κ1) is 8.77. The lowest BCUT2D eigenvalue weighted by molar-refractivity contribution is -0.153. The fourth-order valence-electron chi connectivity index (χ4n) is 0.789. The molecule has 1 aliphatic rings. The Kier molecular flexibility index (Phi) is 2.85. The van der Waals surface area contributed by atoms with E-state index in [1.807, 2.05) is 0 Å².